The van der Waals surface area contributed by atoms with Crippen molar-refractivity contribution in [1.82, 2.24) is 4.98 Å². The van der Waals surface area contributed by atoms with Gasteiger partial charge in [-0.1, -0.05) is 18.2 Å². The minimum atomic E-state index is -0.486. The third-order valence-electron chi connectivity index (χ3n) is 3.91. The molecule has 0 bridgehead atoms. The first-order valence-corrected chi connectivity index (χ1v) is 7.89. The van der Waals surface area contributed by atoms with E-state index in [0.717, 1.165) is 11.4 Å². The first-order valence-electron chi connectivity index (χ1n) is 7.89. The fourth-order valence-electron chi connectivity index (χ4n) is 2.37. The zero-order valence-corrected chi connectivity index (χ0v) is 14.0. The first kappa shape index (κ1) is 16.6. The number of nitrogens with zero attached hydrogens (tertiary/aromatic N) is 1. The molecule has 2 aromatic carbocycles. The van der Waals surface area contributed by atoms with Crippen LogP contribution in [-0.4, -0.2) is 10.9 Å². The topological polar surface area (TPSA) is 54.0 Å². The van der Waals surface area contributed by atoms with Gasteiger partial charge in [0.2, 0.25) is 0 Å². The van der Waals surface area contributed by atoms with Crippen LogP contribution in [0.5, 0.6) is 0 Å². The molecule has 0 aliphatic rings. The zero-order chi connectivity index (χ0) is 17.8. The fraction of sp³-hybridized carbons (Fsp3) is 0.100. The van der Waals surface area contributed by atoms with Gasteiger partial charge < -0.3 is 10.6 Å². The second-order valence-electron chi connectivity index (χ2n) is 5.79. The molecule has 1 amide bonds. The van der Waals surface area contributed by atoms with Gasteiger partial charge in [-0.15, -0.1) is 0 Å². The maximum Gasteiger partial charge on any atom is 0.274 e. The van der Waals surface area contributed by atoms with Crippen LogP contribution in [0.15, 0.2) is 60.8 Å². The summed E-state index contributed by atoms with van der Waals surface area (Å²) in [6.07, 6.45) is 1.54. The molecule has 1 aromatic heterocycles. The van der Waals surface area contributed by atoms with Crippen LogP contribution in [0.25, 0.3) is 0 Å². The predicted octanol–water partition coefficient (Wildman–Crippen LogP) is 4.83. The smallest absolute Gasteiger partial charge is 0.274 e. The number of halogens is 1. The van der Waals surface area contributed by atoms with Crippen molar-refractivity contribution in [2.45, 2.75) is 13.8 Å². The van der Waals surface area contributed by atoms with Gasteiger partial charge in [-0.2, -0.15) is 0 Å². The van der Waals surface area contributed by atoms with Crippen LogP contribution < -0.4 is 10.6 Å². The average Bonchev–Trinajstić information content (AvgIpc) is 2.60. The van der Waals surface area contributed by atoms with E-state index in [-0.39, 0.29) is 11.4 Å². The molecule has 3 aromatic rings. The molecular weight excluding hydrogens is 317 g/mol. The number of hydrogen-bond acceptors (Lipinski definition) is 3. The Labute approximate surface area is 145 Å². The van der Waals surface area contributed by atoms with E-state index in [4.69, 9.17) is 0 Å². The van der Waals surface area contributed by atoms with Crippen molar-refractivity contribution >= 4 is 23.0 Å². The molecular formula is C20H18FN3O. The summed E-state index contributed by atoms with van der Waals surface area (Å²) in [5, 5.41) is 5.78. The summed E-state index contributed by atoms with van der Waals surface area (Å²) >= 11 is 0. The van der Waals surface area contributed by atoms with Gasteiger partial charge in [0.1, 0.15) is 11.5 Å². The summed E-state index contributed by atoms with van der Waals surface area (Å²) in [5.41, 5.74) is 4.38. The van der Waals surface area contributed by atoms with Gasteiger partial charge >= 0.3 is 0 Å². The highest BCUT2D eigenvalue weighted by Crippen LogP contribution is 2.20. The van der Waals surface area contributed by atoms with Crippen molar-refractivity contribution in [2.24, 2.45) is 0 Å². The number of amides is 1. The standard InChI is InChI=1S/C20H18FN3O/c1-13-7-8-15(11-14(13)2)23-16-9-10-22-19(12-16)20(25)24-18-6-4-3-5-17(18)21/h3-12H,1-2H3,(H,22,23)(H,24,25). The summed E-state index contributed by atoms with van der Waals surface area (Å²) in [5.74, 6) is -0.950. The summed E-state index contributed by atoms with van der Waals surface area (Å²) in [7, 11) is 0. The summed E-state index contributed by atoms with van der Waals surface area (Å²) in [4.78, 5) is 16.4. The highest BCUT2D eigenvalue weighted by Gasteiger charge is 2.11. The molecule has 0 unspecified atom stereocenters. The van der Waals surface area contributed by atoms with Crippen LogP contribution in [0.2, 0.25) is 0 Å². The van der Waals surface area contributed by atoms with Crippen molar-refractivity contribution < 1.29 is 9.18 Å². The molecule has 0 spiro atoms. The molecule has 0 saturated carbocycles. The largest absolute Gasteiger partial charge is 0.355 e. The van der Waals surface area contributed by atoms with Crippen molar-refractivity contribution in [1.29, 1.82) is 0 Å². The normalized spacial score (nSPS) is 10.4. The van der Waals surface area contributed by atoms with Gasteiger partial charge in [-0.25, -0.2) is 4.39 Å². The molecule has 0 saturated heterocycles. The lowest BCUT2D eigenvalue weighted by molar-refractivity contribution is 0.102. The van der Waals surface area contributed by atoms with E-state index >= 15 is 0 Å². The van der Waals surface area contributed by atoms with Crippen LogP contribution in [0.3, 0.4) is 0 Å². The Bertz CT molecular complexity index is 924. The van der Waals surface area contributed by atoms with Gasteiger partial charge in [0.25, 0.3) is 5.91 Å². The van der Waals surface area contributed by atoms with Crippen LogP contribution in [0, 0.1) is 19.7 Å². The van der Waals surface area contributed by atoms with E-state index in [1.807, 2.05) is 25.1 Å². The highest BCUT2D eigenvalue weighted by atomic mass is 19.1. The number of rotatable bonds is 4. The number of pyridine rings is 1. The molecule has 1 heterocycles. The van der Waals surface area contributed by atoms with Crippen molar-refractivity contribution in [3.8, 4) is 0 Å². The minimum Gasteiger partial charge on any atom is -0.355 e. The van der Waals surface area contributed by atoms with Crippen LogP contribution in [-0.2, 0) is 0 Å². The number of para-hydroxylation sites is 1. The predicted molar refractivity (Wildman–Crippen MR) is 97.8 cm³/mol. The number of aryl methyl sites for hydroxylation is 2. The molecule has 0 aliphatic carbocycles. The maximum atomic E-state index is 13.7. The van der Waals surface area contributed by atoms with E-state index in [0.29, 0.717) is 0 Å². The molecule has 5 heteroatoms. The Morgan fingerprint density at radius 2 is 1.72 bits per heavy atom. The van der Waals surface area contributed by atoms with Gasteiger partial charge in [0.15, 0.2) is 0 Å². The highest BCUT2D eigenvalue weighted by molar-refractivity contribution is 6.03. The number of nitrogens with one attached hydrogen (secondary N) is 2. The van der Waals surface area contributed by atoms with Gasteiger partial charge in [0.05, 0.1) is 5.69 Å². The average molecular weight is 335 g/mol. The van der Waals surface area contributed by atoms with Crippen LogP contribution in [0.4, 0.5) is 21.5 Å². The Morgan fingerprint density at radius 1 is 0.960 bits per heavy atom. The second-order valence-corrected chi connectivity index (χ2v) is 5.79. The lowest BCUT2D eigenvalue weighted by atomic mass is 10.1. The molecule has 0 aliphatic heterocycles. The van der Waals surface area contributed by atoms with E-state index in [1.165, 1.54) is 23.3 Å². The third-order valence-corrected chi connectivity index (χ3v) is 3.91. The lowest BCUT2D eigenvalue weighted by Crippen LogP contribution is -2.14. The molecule has 0 atom stereocenters. The fourth-order valence-corrected chi connectivity index (χ4v) is 2.37. The quantitative estimate of drug-likeness (QED) is 0.718. The van der Waals surface area contributed by atoms with Gasteiger partial charge in [-0.05, 0) is 61.4 Å². The molecule has 25 heavy (non-hydrogen) atoms. The Hall–Kier alpha value is -3.21. The molecule has 4 nitrogen and oxygen atoms in total. The number of carbonyl (C=O) groups excluding carboxylic acids is 1. The number of hydrogen-bond donors (Lipinski definition) is 2. The molecule has 0 radical (unpaired) electrons. The maximum absolute atomic E-state index is 13.7. The number of anilines is 3. The number of benzene rings is 2. The second kappa shape index (κ2) is 7.13. The van der Waals surface area contributed by atoms with Gasteiger partial charge in [-0.3, -0.25) is 9.78 Å². The summed E-state index contributed by atoms with van der Waals surface area (Å²) in [6, 6.07) is 15.5. The van der Waals surface area contributed by atoms with Crippen LogP contribution >= 0.6 is 0 Å². The van der Waals surface area contributed by atoms with Crippen molar-refractivity contribution in [3.05, 3.63) is 83.4 Å². The van der Waals surface area contributed by atoms with Crippen molar-refractivity contribution in [3.63, 3.8) is 0 Å². The SMILES string of the molecule is Cc1ccc(Nc2ccnc(C(=O)Nc3ccccc3F)c2)cc1C. The summed E-state index contributed by atoms with van der Waals surface area (Å²) < 4.78 is 13.7. The third kappa shape index (κ3) is 4.01. The number of carbonyl (C=O) groups is 1. The minimum absolute atomic E-state index is 0.127. The van der Waals surface area contributed by atoms with Gasteiger partial charge in [0, 0.05) is 17.6 Å². The van der Waals surface area contributed by atoms with E-state index < -0.39 is 11.7 Å². The van der Waals surface area contributed by atoms with Crippen molar-refractivity contribution in [2.75, 3.05) is 10.6 Å². The van der Waals surface area contributed by atoms with Crippen LogP contribution in [0.1, 0.15) is 21.6 Å². The lowest BCUT2D eigenvalue weighted by Gasteiger charge is -2.10. The molecule has 0 fully saturated rings. The Balaban J connectivity index is 1.77. The zero-order valence-electron chi connectivity index (χ0n) is 14.0. The van der Waals surface area contributed by atoms with E-state index in [1.54, 1.807) is 30.5 Å². The number of aromatic nitrogens is 1. The Kier molecular flexibility index (Phi) is 4.75. The first-order chi connectivity index (χ1) is 12.0. The monoisotopic (exact) mass is 335 g/mol. The Morgan fingerprint density at radius 3 is 2.48 bits per heavy atom. The molecule has 2 N–H and O–H groups in total. The molecule has 3 rings (SSSR count). The van der Waals surface area contributed by atoms with E-state index in [2.05, 4.69) is 22.5 Å². The summed E-state index contributed by atoms with van der Waals surface area (Å²) in [6.45, 7) is 4.09. The molecule has 126 valence electrons. The van der Waals surface area contributed by atoms with E-state index in [9.17, 15) is 9.18 Å².